The molecule has 0 saturated heterocycles. The Bertz CT molecular complexity index is 638. The number of nitrogens with zero attached hydrogens (tertiary/aromatic N) is 1. The monoisotopic (exact) mass is 236 g/mol. The van der Waals surface area contributed by atoms with E-state index in [1.165, 1.54) is 0 Å². The van der Waals surface area contributed by atoms with Gasteiger partial charge in [-0.3, -0.25) is 9.78 Å². The van der Waals surface area contributed by atoms with Crippen LogP contribution in [0.4, 0.5) is 5.69 Å². The van der Waals surface area contributed by atoms with Crippen LogP contribution in [0.5, 0.6) is 0 Å². The molecule has 0 bridgehead atoms. The molecular formula is C15H12N2O. The number of carbonyl (C=O) groups excluding carboxylic acids is 1. The fraction of sp³-hybridized carbons (Fsp3) is 0.200. The highest BCUT2D eigenvalue weighted by atomic mass is 16.2. The van der Waals surface area contributed by atoms with Crippen molar-refractivity contribution in [2.75, 3.05) is 5.32 Å². The summed E-state index contributed by atoms with van der Waals surface area (Å²) in [6.07, 6.45) is 2.66. The minimum Gasteiger partial charge on any atom is -0.325 e. The number of hydrogen-bond donors (Lipinski definition) is 1. The summed E-state index contributed by atoms with van der Waals surface area (Å²) in [6, 6.07) is 13.9. The highest BCUT2D eigenvalue weighted by Gasteiger charge is 2.65. The number of carbonyl (C=O) groups is 1. The van der Waals surface area contributed by atoms with Crippen molar-refractivity contribution in [2.45, 2.75) is 17.8 Å². The summed E-state index contributed by atoms with van der Waals surface area (Å²) in [4.78, 5) is 16.6. The highest BCUT2D eigenvalue weighted by Crippen LogP contribution is 2.64. The van der Waals surface area contributed by atoms with Gasteiger partial charge in [-0.2, -0.15) is 0 Å². The van der Waals surface area contributed by atoms with Crippen molar-refractivity contribution >= 4 is 11.6 Å². The molecular weight excluding hydrogens is 224 g/mol. The zero-order valence-corrected chi connectivity index (χ0v) is 9.76. The molecule has 2 atom stereocenters. The van der Waals surface area contributed by atoms with Crippen LogP contribution in [0.2, 0.25) is 0 Å². The molecule has 1 amide bonds. The van der Waals surface area contributed by atoms with E-state index in [1.54, 1.807) is 6.20 Å². The third-order valence-corrected chi connectivity index (χ3v) is 4.07. The van der Waals surface area contributed by atoms with Gasteiger partial charge in [-0.05, 0) is 30.2 Å². The molecule has 18 heavy (non-hydrogen) atoms. The number of para-hydroxylation sites is 1. The molecule has 1 aliphatic carbocycles. The van der Waals surface area contributed by atoms with Gasteiger partial charge >= 0.3 is 0 Å². The van der Waals surface area contributed by atoms with Crippen molar-refractivity contribution in [3.05, 3.63) is 59.9 Å². The van der Waals surface area contributed by atoms with Crippen molar-refractivity contribution < 1.29 is 4.79 Å². The minimum absolute atomic E-state index is 0.124. The minimum atomic E-state index is -0.356. The van der Waals surface area contributed by atoms with E-state index in [-0.39, 0.29) is 17.2 Å². The molecule has 1 aromatic carbocycles. The van der Waals surface area contributed by atoms with E-state index in [9.17, 15) is 4.79 Å². The third-order valence-electron chi connectivity index (χ3n) is 4.07. The molecule has 1 spiro atoms. The van der Waals surface area contributed by atoms with Gasteiger partial charge in [-0.15, -0.1) is 0 Å². The zero-order valence-electron chi connectivity index (χ0n) is 9.76. The van der Waals surface area contributed by atoms with Crippen LogP contribution >= 0.6 is 0 Å². The summed E-state index contributed by atoms with van der Waals surface area (Å²) in [6.45, 7) is 0. The predicted octanol–water partition coefficient (Wildman–Crippen LogP) is 2.46. The van der Waals surface area contributed by atoms with Crippen molar-refractivity contribution in [1.29, 1.82) is 0 Å². The van der Waals surface area contributed by atoms with E-state index in [4.69, 9.17) is 0 Å². The van der Waals surface area contributed by atoms with Gasteiger partial charge in [-0.1, -0.05) is 24.3 Å². The van der Waals surface area contributed by atoms with Crippen LogP contribution in [-0.4, -0.2) is 10.9 Å². The number of nitrogens with one attached hydrogen (secondary N) is 1. The van der Waals surface area contributed by atoms with Gasteiger partial charge in [0.2, 0.25) is 5.91 Å². The molecule has 3 heteroatoms. The Morgan fingerprint density at radius 3 is 2.83 bits per heavy atom. The van der Waals surface area contributed by atoms with Crippen LogP contribution in [-0.2, 0) is 10.2 Å². The van der Waals surface area contributed by atoms with Gasteiger partial charge < -0.3 is 5.32 Å². The van der Waals surface area contributed by atoms with E-state index in [0.29, 0.717) is 0 Å². The Morgan fingerprint density at radius 2 is 2.00 bits per heavy atom. The summed E-state index contributed by atoms with van der Waals surface area (Å²) in [5.74, 6) is 0.349. The summed E-state index contributed by atoms with van der Waals surface area (Å²) < 4.78 is 0. The van der Waals surface area contributed by atoms with Gasteiger partial charge in [0.1, 0.15) is 0 Å². The second kappa shape index (κ2) is 3.19. The van der Waals surface area contributed by atoms with Gasteiger partial charge in [0, 0.05) is 23.5 Å². The number of amides is 1. The first-order valence-corrected chi connectivity index (χ1v) is 6.14. The van der Waals surface area contributed by atoms with Gasteiger partial charge in [-0.25, -0.2) is 0 Å². The van der Waals surface area contributed by atoms with Crippen LogP contribution in [0.1, 0.15) is 23.6 Å². The van der Waals surface area contributed by atoms with Crippen molar-refractivity contribution in [3.63, 3.8) is 0 Å². The number of benzene rings is 1. The number of aromatic nitrogens is 1. The van der Waals surface area contributed by atoms with E-state index in [0.717, 1.165) is 23.4 Å². The third kappa shape index (κ3) is 1.09. The predicted molar refractivity (Wildman–Crippen MR) is 68.3 cm³/mol. The summed E-state index contributed by atoms with van der Waals surface area (Å²) >= 11 is 0. The van der Waals surface area contributed by atoms with Crippen LogP contribution in [0, 0.1) is 0 Å². The Hall–Kier alpha value is -2.16. The molecule has 0 unspecified atom stereocenters. The lowest BCUT2D eigenvalue weighted by Crippen LogP contribution is -2.21. The van der Waals surface area contributed by atoms with Crippen molar-refractivity contribution in [2.24, 2.45) is 0 Å². The first kappa shape index (κ1) is 9.83. The maximum Gasteiger partial charge on any atom is 0.235 e. The van der Waals surface area contributed by atoms with E-state index in [2.05, 4.69) is 16.4 Å². The summed E-state index contributed by atoms with van der Waals surface area (Å²) in [5, 5.41) is 2.98. The molecule has 3 nitrogen and oxygen atoms in total. The Kier molecular flexibility index (Phi) is 1.74. The SMILES string of the molecule is O=C1Nc2ccccc2[C@]12C[C@@H]2c1ccccn1. The fourth-order valence-electron chi connectivity index (χ4n) is 3.09. The Morgan fingerprint density at radius 1 is 1.17 bits per heavy atom. The molecule has 2 heterocycles. The smallest absolute Gasteiger partial charge is 0.235 e. The fourth-order valence-corrected chi connectivity index (χ4v) is 3.09. The lowest BCUT2D eigenvalue weighted by molar-refractivity contribution is -0.118. The normalized spacial score (nSPS) is 28.0. The maximum atomic E-state index is 12.3. The first-order valence-electron chi connectivity index (χ1n) is 6.14. The van der Waals surface area contributed by atoms with Crippen molar-refractivity contribution in [3.8, 4) is 0 Å². The quantitative estimate of drug-likeness (QED) is 0.826. The molecule has 4 rings (SSSR count). The summed E-state index contributed by atoms with van der Waals surface area (Å²) in [5.41, 5.74) is 2.75. The van der Waals surface area contributed by atoms with E-state index < -0.39 is 0 Å². The first-order chi connectivity index (χ1) is 8.82. The van der Waals surface area contributed by atoms with E-state index in [1.807, 2.05) is 36.4 Å². The van der Waals surface area contributed by atoms with Crippen molar-refractivity contribution in [1.82, 2.24) is 4.98 Å². The van der Waals surface area contributed by atoms with Gasteiger partial charge in [0.25, 0.3) is 0 Å². The van der Waals surface area contributed by atoms with Gasteiger partial charge in [0.05, 0.1) is 5.41 Å². The lowest BCUT2D eigenvalue weighted by atomic mass is 9.93. The Labute approximate surface area is 105 Å². The molecule has 1 N–H and O–H groups in total. The number of rotatable bonds is 1. The van der Waals surface area contributed by atoms with Gasteiger partial charge in [0.15, 0.2) is 0 Å². The lowest BCUT2D eigenvalue weighted by Gasteiger charge is -2.07. The molecule has 1 fully saturated rings. The second-order valence-corrected chi connectivity index (χ2v) is 4.98. The average Bonchev–Trinajstić information content (AvgIpc) is 3.10. The van der Waals surface area contributed by atoms with Crippen LogP contribution in [0.25, 0.3) is 0 Å². The largest absolute Gasteiger partial charge is 0.325 e. The van der Waals surface area contributed by atoms with E-state index >= 15 is 0 Å². The molecule has 2 aliphatic rings. The number of fused-ring (bicyclic) bond motifs is 2. The van der Waals surface area contributed by atoms with Crippen LogP contribution in [0.15, 0.2) is 48.7 Å². The molecule has 88 valence electrons. The standard InChI is InChI=1S/C15H12N2O/c18-14-15(10-5-1-2-7-13(10)17-14)9-11(15)12-6-3-4-8-16-12/h1-8,11H,9H2,(H,17,18)/t11-,15+/m1/s1. The second-order valence-electron chi connectivity index (χ2n) is 4.98. The zero-order chi connectivity index (χ0) is 12.2. The topological polar surface area (TPSA) is 42.0 Å². The maximum absolute atomic E-state index is 12.3. The Balaban J connectivity index is 1.81. The molecule has 1 saturated carbocycles. The summed E-state index contributed by atoms with van der Waals surface area (Å²) in [7, 11) is 0. The molecule has 1 aliphatic heterocycles. The number of hydrogen-bond acceptors (Lipinski definition) is 2. The molecule has 0 radical (unpaired) electrons. The number of pyridine rings is 1. The van der Waals surface area contributed by atoms with Crippen LogP contribution in [0.3, 0.4) is 0 Å². The number of anilines is 1. The molecule has 1 aromatic heterocycles. The molecule has 2 aromatic rings. The average molecular weight is 236 g/mol. The van der Waals surface area contributed by atoms with Crippen LogP contribution < -0.4 is 5.32 Å². The highest BCUT2D eigenvalue weighted by molar-refractivity contribution is 6.09.